The number of pyridine rings is 1. The number of aryl methyl sites for hydroxylation is 1. The van der Waals surface area contributed by atoms with Crippen LogP contribution in [-0.4, -0.2) is 37.7 Å². The van der Waals surface area contributed by atoms with Gasteiger partial charge in [-0.1, -0.05) is 80.5 Å². The van der Waals surface area contributed by atoms with E-state index in [4.69, 9.17) is 9.72 Å². The van der Waals surface area contributed by atoms with Crippen LogP contribution < -0.4 is 14.8 Å². The third kappa shape index (κ3) is 7.52. The Morgan fingerprint density at radius 1 is 0.932 bits per heavy atom. The van der Waals surface area contributed by atoms with Crippen molar-refractivity contribution >= 4 is 32.3 Å². The zero-order chi connectivity index (χ0) is 31.4. The van der Waals surface area contributed by atoms with E-state index in [-0.39, 0.29) is 23.2 Å². The normalized spacial score (nSPS) is 15.8. The molecule has 4 aromatic rings. The van der Waals surface area contributed by atoms with E-state index in [0.29, 0.717) is 34.2 Å². The SMILES string of the molecule is CC(C)(CCOc1cccc(-c2sc3nc2-c2ccccc2CCCCCCNc2cccc(n2)S(=O)(=O)N3)c1)C(F)(F)F. The lowest BCUT2D eigenvalue weighted by Gasteiger charge is -2.27. The lowest BCUT2D eigenvalue weighted by molar-refractivity contribution is -0.215. The molecule has 0 amide bonds. The second-order valence-electron chi connectivity index (χ2n) is 11.4. The Kier molecular flexibility index (Phi) is 9.50. The van der Waals surface area contributed by atoms with Crippen LogP contribution in [0, 0.1) is 5.41 Å². The zero-order valence-electron chi connectivity index (χ0n) is 24.6. The average molecular weight is 645 g/mol. The molecule has 0 unspecified atom stereocenters. The number of sulfonamides is 1. The van der Waals surface area contributed by atoms with Gasteiger partial charge in [0.1, 0.15) is 11.6 Å². The highest BCUT2D eigenvalue weighted by Gasteiger charge is 2.46. The molecule has 12 heteroatoms. The molecular formula is C32H35F3N4O3S2. The van der Waals surface area contributed by atoms with Crippen LogP contribution in [0.15, 0.2) is 71.8 Å². The van der Waals surface area contributed by atoms with Crippen molar-refractivity contribution in [3.8, 4) is 27.4 Å². The lowest BCUT2D eigenvalue weighted by atomic mass is 9.89. The van der Waals surface area contributed by atoms with Gasteiger partial charge in [0.2, 0.25) is 0 Å². The highest BCUT2D eigenvalue weighted by atomic mass is 32.2. The minimum atomic E-state index is -4.34. The van der Waals surface area contributed by atoms with Gasteiger partial charge in [0.25, 0.3) is 10.0 Å². The number of ether oxygens (including phenoxy) is 1. The smallest absolute Gasteiger partial charge is 0.394 e. The van der Waals surface area contributed by atoms with Crippen molar-refractivity contribution < 1.29 is 26.3 Å². The quantitative estimate of drug-likeness (QED) is 0.226. The van der Waals surface area contributed by atoms with Crippen molar-refractivity contribution in [1.29, 1.82) is 0 Å². The second kappa shape index (κ2) is 13.2. The van der Waals surface area contributed by atoms with E-state index >= 15 is 0 Å². The van der Waals surface area contributed by atoms with E-state index in [2.05, 4.69) is 21.1 Å². The summed E-state index contributed by atoms with van der Waals surface area (Å²) in [6, 6.07) is 19.8. The van der Waals surface area contributed by atoms with Gasteiger partial charge in [-0.2, -0.15) is 21.6 Å². The first-order valence-electron chi connectivity index (χ1n) is 14.6. The van der Waals surface area contributed by atoms with Gasteiger partial charge in [0, 0.05) is 12.1 Å². The Morgan fingerprint density at radius 3 is 2.52 bits per heavy atom. The number of anilines is 2. The van der Waals surface area contributed by atoms with Crippen LogP contribution in [0.4, 0.5) is 24.1 Å². The summed E-state index contributed by atoms with van der Waals surface area (Å²) in [5, 5.41) is 3.27. The molecule has 0 aliphatic carbocycles. The third-order valence-electron chi connectivity index (χ3n) is 7.66. The van der Waals surface area contributed by atoms with Crippen molar-refractivity contribution in [3.63, 3.8) is 0 Å². The van der Waals surface area contributed by atoms with Crippen molar-refractivity contribution in [3.05, 3.63) is 72.3 Å². The first-order valence-corrected chi connectivity index (χ1v) is 16.9. The highest BCUT2D eigenvalue weighted by molar-refractivity contribution is 7.92. The predicted octanol–water partition coefficient (Wildman–Crippen LogP) is 8.56. The molecule has 0 saturated heterocycles. The number of rotatable bonds is 5. The predicted molar refractivity (Wildman–Crippen MR) is 169 cm³/mol. The number of hydrogen-bond acceptors (Lipinski definition) is 7. The summed E-state index contributed by atoms with van der Waals surface area (Å²) in [7, 11) is -4.05. The van der Waals surface area contributed by atoms with Gasteiger partial charge in [-0.25, -0.2) is 9.97 Å². The molecule has 5 rings (SSSR count). The molecule has 7 nitrogen and oxygen atoms in total. The molecule has 0 spiro atoms. The fourth-order valence-corrected chi connectivity index (χ4v) is 7.02. The van der Waals surface area contributed by atoms with Crippen molar-refractivity contribution in [2.24, 2.45) is 5.41 Å². The van der Waals surface area contributed by atoms with E-state index in [1.165, 1.54) is 17.4 Å². The summed E-state index contributed by atoms with van der Waals surface area (Å²) in [4.78, 5) is 9.81. The van der Waals surface area contributed by atoms with E-state index < -0.39 is 21.6 Å². The summed E-state index contributed by atoms with van der Waals surface area (Å²) in [6.45, 7) is 2.90. The minimum Gasteiger partial charge on any atom is -0.494 e. The van der Waals surface area contributed by atoms with E-state index in [0.717, 1.165) is 57.1 Å². The molecule has 44 heavy (non-hydrogen) atoms. The van der Waals surface area contributed by atoms with Crippen molar-refractivity contribution in [1.82, 2.24) is 9.97 Å². The number of halogens is 3. The molecule has 1 aliphatic rings. The molecule has 234 valence electrons. The number of fused-ring (bicyclic) bond motifs is 6. The van der Waals surface area contributed by atoms with Crippen LogP contribution in [0.1, 0.15) is 51.5 Å². The summed E-state index contributed by atoms with van der Waals surface area (Å²) in [6.07, 6.45) is 0.286. The van der Waals surface area contributed by atoms with Gasteiger partial charge in [0.15, 0.2) is 10.2 Å². The summed E-state index contributed by atoms with van der Waals surface area (Å²) in [5.41, 5.74) is 1.45. The Hall–Kier alpha value is -3.64. The zero-order valence-corrected chi connectivity index (χ0v) is 26.2. The largest absolute Gasteiger partial charge is 0.494 e. The van der Waals surface area contributed by atoms with E-state index in [1.807, 2.05) is 24.3 Å². The van der Waals surface area contributed by atoms with Gasteiger partial charge in [-0.15, -0.1) is 0 Å². The van der Waals surface area contributed by atoms with Crippen LogP contribution >= 0.6 is 11.3 Å². The Labute approximate surface area is 260 Å². The Morgan fingerprint density at radius 2 is 1.70 bits per heavy atom. The molecular weight excluding hydrogens is 610 g/mol. The van der Waals surface area contributed by atoms with E-state index in [1.54, 1.807) is 30.3 Å². The Balaban J connectivity index is 1.52. The van der Waals surface area contributed by atoms with Crippen LogP contribution in [0.25, 0.3) is 21.7 Å². The van der Waals surface area contributed by atoms with Crippen molar-refractivity contribution in [2.45, 2.75) is 63.6 Å². The minimum absolute atomic E-state index is 0.111. The molecule has 4 bridgehead atoms. The van der Waals surface area contributed by atoms with Gasteiger partial charge >= 0.3 is 6.18 Å². The average Bonchev–Trinajstić information content (AvgIpc) is 3.39. The molecule has 0 fully saturated rings. The van der Waals surface area contributed by atoms with E-state index in [9.17, 15) is 21.6 Å². The number of nitrogens with zero attached hydrogens (tertiary/aromatic N) is 2. The number of hydrogen-bond donors (Lipinski definition) is 2. The standard InChI is InChI=1S/C32H35F3N4O3S2/c1-31(2,32(33,34)35)18-20-42-24-14-9-13-23(21-24)29-28-25-15-7-6-12-22(25)11-5-3-4-8-19-36-26-16-10-17-27(37-26)44(40,41)39-30(38-28)43-29/h6-7,9-10,12-17,21H,3-5,8,11,18-20H2,1-2H3,(H,36,37)(H,38,39). The summed E-state index contributed by atoms with van der Waals surface area (Å²) >= 11 is 1.18. The van der Waals surface area contributed by atoms with Crippen LogP contribution in [0.5, 0.6) is 5.75 Å². The first kappa shape index (κ1) is 31.8. The molecule has 0 atom stereocenters. The van der Waals surface area contributed by atoms with Crippen LogP contribution in [0.2, 0.25) is 0 Å². The molecule has 2 aromatic heterocycles. The molecule has 0 saturated carbocycles. The fourth-order valence-electron chi connectivity index (χ4n) is 4.84. The third-order valence-corrected chi connectivity index (χ3v) is 10.0. The van der Waals surface area contributed by atoms with Gasteiger partial charge in [0.05, 0.1) is 22.6 Å². The fraction of sp³-hybridized carbons (Fsp3) is 0.375. The topological polar surface area (TPSA) is 93.2 Å². The number of nitrogens with one attached hydrogen (secondary N) is 2. The van der Waals surface area contributed by atoms with Gasteiger partial charge in [-0.3, -0.25) is 4.72 Å². The van der Waals surface area contributed by atoms with Crippen LogP contribution in [-0.2, 0) is 16.4 Å². The maximum absolute atomic E-state index is 13.4. The molecule has 2 aromatic carbocycles. The molecule has 3 heterocycles. The van der Waals surface area contributed by atoms with Crippen molar-refractivity contribution in [2.75, 3.05) is 23.2 Å². The summed E-state index contributed by atoms with van der Waals surface area (Å²) < 4.78 is 75.2. The maximum Gasteiger partial charge on any atom is 0.394 e. The number of aromatic nitrogens is 2. The number of benzene rings is 2. The monoisotopic (exact) mass is 644 g/mol. The lowest BCUT2D eigenvalue weighted by Crippen LogP contribution is -2.33. The first-order chi connectivity index (χ1) is 20.9. The highest BCUT2D eigenvalue weighted by Crippen LogP contribution is 2.43. The molecule has 2 N–H and O–H groups in total. The second-order valence-corrected chi connectivity index (χ2v) is 14.0. The van der Waals surface area contributed by atoms with Gasteiger partial charge < -0.3 is 10.1 Å². The number of alkyl halides is 3. The molecule has 1 aliphatic heterocycles. The van der Waals surface area contributed by atoms with Crippen LogP contribution in [0.3, 0.4) is 0 Å². The van der Waals surface area contributed by atoms with Gasteiger partial charge in [-0.05, 0) is 61.1 Å². The maximum atomic E-state index is 13.4. The summed E-state index contributed by atoms with van der Waals surface area (Å²) in [5.74, 6) is 0.902. The Bertz CT molecular complexity index is 1700. The number of thiazole rings is 1. The molecule has 0 radical (unpaired) electrons.